The first-order valence-electron chi connectivity index (χ1n) is 6.81. The molecule has 1 atom stereocenters. The van der Waals surface area contributed by atoms with Gasteiger partial charge in [-0.15, -0.1) is 0 Å². The zero-order valence-corrected chi connectivity index (χ0v) is 13.5. The van der Waals surface area contributed by atoms with E-state index in [1.165, 1.54) is 11.3 Å². The van der Waals surface area contributed by atoms with Gasteiger partial charge in [-0.1, -0.05) is 15.9 Å². The molecule has 0 bridgehead atoms. The zero-order chi connectivity index (χ0) is 14.0. The van der Waals surface area contributed by atoms with Crippen LogP contribution in [0.5, 0.6) is 0 Å². The second kappa shape index (κ2) is 5.81. The van der Waals surface area contributed by atoms with Crippen LogP contribution in [0.25, 0.3) is 0 Å². The summed E-state index contributed by atoms with van der Waals surface area (Å²) in [5.74, 6) is 0. The van der Waals surface area contributed by atoms with Gasteiger partial charge in [-0.3, -0.25) is 0 Å². The standard InChI is InChI=1S/C15H23BrN2O/c1-11-8-12(16)4-5-14(11)18-9-13(6-7-19)17-15(2,3)10-18/h4-5,8,13,17,19H,6-7,9-10H2,1-3H3. The predicted molar refractivity (Wildman–Crippen MR) is 83.8 cm³/mol. The van der Waals surface area contributed by atoms with Gasteiger partial charge in [0, 0.05) is 41.4 Å². The highest BCUT2D eigenvalue weighted by Crippen LogP contribution is 2.28. The maximum absolute atomic E-state index is 9.17. The van der Waals surface area contributed by atoms with Crippen LogP contribution in [-0.4, -0.2) is 36.4 Å². The minimum absolute atomic E-state index is 0.0671. The number of anilines is 1. The Morgan fingerprint density at radius 1 is 1.47 bits per heavy atom. The molecule has 3 nitrogen and oxygen atoms in total. The highest BCUT2D eigenvalue weighted by molar-refractivity contribution is 9.10. The van der Waals surface area contributed by atoms with Gasteiger partial charge in [0.25, 0.3) is 0 Å². The number of nitrogens with one attached hydrogen (secondary N) is 1. The molecule has 1 aromatic carbocycles. The van der Waals surface area contributed by atoms with E-state index in [1.807, 2.05) is 0 Å². The Labute approximate surface area is 124 Å². The molecule has 1 saturated heterocycles. The number of benzene rings is 1. The molecule has 1 aliphatic heterocycles. The van der Waals surface area contributed by atoms with Crippen LogP contribution in [0.3, 0.4) is 0 Å². The largest absolute Gasteiger partial charge is 0.396 e. The fourth-order valence-corrected chi connectivity index (χ4v) is 3.40. The molecule has 0 amide bonds. The van der Waals surface area contributed by atoms with Gasteiger partial charge in [0.1, 0.15) is 0 Å². The third-order valence-corrected chi connectivity index (χ3v) is 4.09. The number of halogens is 1. The average molecular weight is 327 g/mol. The number of piperazine rings is 1. The lowest BCUT2D eigenvalue weighted by molar-refractivity contribution is 0.224. The highest BCUT2D eigenvalue weighted by atomic mass is 79.9. The third kappa shape index (κ3) is 3.71. The van der Waals surface area contributed by atoms with Crippen LogP contribution in [0.1, 0.15) is 25.8 Å². The first-order chi connectivity index (χ1) is 8.91. The van der Waals surface area contributed by atoms with Gasteiger partial charge in [-0.05, 0) is 51.0 Å². The Kier molecular flexibility index (Phi) is 4.54. The summed E-state index contributed by atoms with van der Waals surface area (Å²) in [6.07, 6.45) is 0.801. The summed E-state index contributed by atoms with van der Waals surface area (Å²) < 4.78 is 1.12. The van der Waals surface area contributed by atoms with Gasteiger partial charge in [0.2, 0.25) is 0 Å². The number of nitrogens with zero attached hydrogens (tertiary/aromatic N) is 1. The van der Waals surface area contributed by atoms with Crippen molar-refractivity contribution >= 4 is 21.6 Å². The van der Waals surface area contributed by atoms with E-state index in [0.717, 1.165) is 24.0 Å². The SMILES string of the molecule is Cc1cc(Br)ccc1N1CC(CCO)NC(C)(C)C1. The van der Waals surface area contributed by atoms with Gasteiger partial charge >= 0.3 is 0 Å². The van der Waals surface area contributed by atoms with Crippen LogP contribution in [0.2, 0.25) is 0 Å². The fraction of sp³-hybridized carbons (Fsp3) is 0.600. The van der Waals surface area contributed by atoms with E-state index in [9.17, 15) is 5.11 Å². The van der Waals surface area contributed by atoms with Crippen molar-refractivity contribution in [3.8, 4) is 0 Å². The summed E-state index contributed by atoms with van der Waals surface area (Å²) in [6.45, 7) is 8.76. The molecule has 1 aromatic rings. The number of aliphatic hydroxyl groups is 1. The lowest BCUT2D eigenvalue weighted by Crippen LogP contribution is -2.62. The van der Waals surface area contributed by atoms with Crippen molar-refractivity contribution < 1.29 is 5.11 Å². The molecule has 0 aliphatic carbocycles. The van der Waals surface area contributed by atoms with E-state index in [4.69, 9.17) is 0 Å². The monoisotopic (exact) mass is 326 g/mol. The lowest BCUT2D eigenvalue weighted by atomic mass is 9.96. The van der Waals surface area contributed by atoms with Gasteiger partial charge in [-0.2, -0.15) is 0 Å². The summed E-state index contributed by atoms with van der Waals surface area (Å²) in [7, 11) is 0. The van der Waals surface area contributed by atoms with Crippen LogP contribution in [0.4, 0.5) is 5.69 Å². The predicted octanol–water partition coefficient (Wildman–Crippen LogP) is 2.70. The van der Waals surface area contributed by atoms with Crippen molar-refractivity contribution in [3.05, 3.63) is 28.2 Å². The Balaban J connectivity index is 2.22. The van der Waals surface area contributed by atoms with E-state index in [1.54, 1.807) is 0 Å². The Morgan fingerprint density at radius 2 is 2.21 bits per heavy atom. The van der Waals surface area contributed by atoms with Crippen molar-refractivity contribution in [2.75, 3.05) is 24.6 Å². The molecule has 4 heteroatoms. The highest BCUT2D eigenvalue weighted by Gasteiger charge is 2.32. The molecule has 0 radical (unpaired) electrons. The van der Waals surface area contributed by atoms with Crippen LogP contribution in [-0.2, 0) is 0 Å². The van der Waals surface area contributed by atoms with E-state index < -0.39 is 0 Å². The lowest BCUT2D eigenvalue weighted by Gasteiger charge is -2.45. The van der Waals surface area contributed by atoms with E-state index in [0.29, 0.717) is 6.04 Å². The molecule has 1 unspecified atom stereocenters. The summed E-state index contributed by atoms with van der Waals surface area (Å²) >= 11 is 3.52. The maximum Gasteiger partial charge on any atom is 0.0446 e. The van der Waals surface area contributed by atoms with Gasteiger partial charge in [0.05, 0.1) is 0 Å². The number of aliphatic hydroxyl groups excluding tert-OH is 1. The molecule has 19 heavy (non-hydrogen) atoms. The zero-order valence-electron chi connectivity index (χ0n) is 11.9. The van der Waals surface area contributed by atoms with Crippen LogP contribution < -0.4 is 10.2 Å². The maximum atomic E-state index is 9.17. The first kappa shape index (κ1) is 14.8. The second-order valence-electron chi connectivity index (χ2n) is 6.05. The Hall–Kier alpha value is -0.580. The molecule has 0 aromatic heterocycles. The number of hydrogen-bond acceptors (Lipinski definition) is 3. The Morgan fingerprint density at radius 3 is 2.84 bits per heavy atom. The summed E-state index contributed by atoms with van der Waals surface area (Å²) in [4.78, 5) is 2.43. The minimum Gasteiger partial charge on any atom is -0.396 e. The van der Waals surface area contributed by atoms with Crippen molar-refractivity contribution in [1.82, 2.24) is 5.32 Å². The normalized spacial score (nSPS) is 22.6. The van der Waals surface area contributed by atoms with E-state index >= 15 is 0 Å². The molecule has 0 spiro atoms. The molecule has 106 valence electrons. The number of hydrogen-bond donors (Lipinski definition) is 2. The summed E-state index contributed by atoms with van der Waals surface area (Å²) in [5.41, 5.74) is 2.65. The van der Waals surface area contributed by atoms with Crippen LogP contribution in [0.15, 0.2) is 22.7 Å². The molecular formula is C15H23BrN2O. The number of rotatable bonds is 3. The summed E-state index contributed by atoms with van der Waals surface area (Å²) in [6, 6.07) is 6.78. The molecule has 0 saturated carbocycles. The van der Waals surface area contributed by atoms with Crippen LogP contribution in [0, 0.1) is 6.92 Å². The number of aryl methyl sites for hydroxylation is 1. The van der Waals surface area contributed by atoms with Crippen molar-refractivity contribution in [1.29, 1.82) is 0 Å². The minimum atomic E-state index is 0.0671. The van der Waals surface area contributed by atoms with Crippen molar-refractivity contribution in [2.45, 2.75) is 38.8 Å². The van der Waals surface area contributed by atoms with E-state index in [2.05, 4.69) is 65.1 Å². The Bertz CT molecular complexity index is 448. The third-order valence-electron chi connectivity index (χ3n) is 3.60. The van der Waals surface area contributed by atoms with Gasteiger partial charge in [0.15, 0.2) is 0 Å². The average Bonchev–Trinajstić information content (AvgIpc) is 2.26. The quantitative estimate of drug-likeness (QED) is 0.896. The fourth-order valence-electron chi connectivity index (χ4n) is 2.93. The molecule has 1 heterocycles. The summed E-state index contributed by atoms with van der Waals surface area (Å²) in [5, 5.41) is 12.8. The van der Waals surface area contributed by atoms with Crippen LogP contribution >= 0.6 is 15.9 Å². The van der Waals surface area contributed by atoms with E-state index in [-0.39, 0.29) is 12.1 Å². The van der Waals surface area contributed by atoms with Gasteiger partial charge in [-0.25, -0.2) is 0 Å². The van der Waals surface area contributed by atoms with Crippen molar-refractivity contribution in [3.63, 3.8) is 0 Å². The topological polar surface area (TPSA) is 35.5 Å². The molecule has 2 rings (SSSR count). The first-order valence-corrected chi connectivity index (χ1v) is 7.60. The molecule has 1 fully saturated rings. The smallest absolute Gasteiger partial charge is 0.0446 e. The van der Waals surface area contributed by atoms with Crippen molar-refractivity contribution in [2.24, 2.45) is 0 Å². The second-order valence-corrected chi connectivity index (χ2v) is 6.96. The van der Waals surface area contributed by atoms with Gasteiger partial charge < -0.3 is 15.3 Å². The molecular weight excluding hydrogens is 304 g/mol. The molecule has 1 aliphatic rings. The molecule has 2 N–H and O–H groups in total.